The van der Waals surface area contributed by atoms with Crippen LogP contribution in [-0.4, -0.2) is 20.5 Å². The van der Waals surface area contributed by atoms with Crippen molar-refractivity contribution in [1.82, 2.24) is 19.9 Å². The number of rotatable bonds is 3. The minimum atomic E-state index is -0.184. The van der Waals surface area contributed by atoms with Gasteiger partial charge in [-0.15, -0.1) is 10.2 Å². The van der Waals surface area contributed by atoms with Gasteiger partial charge < -0.3 is 5.32 Å². The minimum absolute atomic E-state index is 0.184. The molecule has 0 saturated heterocycles. The molecule has 2 rings (SSSR count). The van der Waals surface area contributed by atoms with Crippen LogP contribution in [0.15, 0.2) is 37.3 Å². The van der Waals surface area contributed by atoms with Gasteiger partial charge in [-0.05, 0) is 23.8 Å². The third-order valence-corrected chi connectivity index (χ3v) is 2.02. The molecule has 0 spiro atoms. The second-order valence-corrected chi connectivity index (χ2v) is 3.05. The summed E-state index contributed by atoms with van der Waals surface area (Å²) < 4.78 is 1.80. The van der Waals surface area contributed by atoms with E-state index in [2.05, 4.69) is 22.1 Å². The monoisotopic (exact) mass is 202 g/mol. The average Bonchev–Trinajstić information content (AvgIpc) is 2.72. The van der Waals surface area contributed by atoms with E-state index in [1.165, 1.54) is 6.08 Å². The summed E-state index contributed by atoms with van der Waals surface area (Å²) in [6, 6.07) is 3.77. The van der Waals surface area contributed by atoms with Gasteiger partial charge in [-0.25, -0.2) is 0 Å². The molecule has 2 heterocycles. The van der Waals surface area contributed by atoms with E-state index in [9.17, 15) is 4.79 Å². The summed E-state index contributed by atoms with van der Waals surface area (Å²) in [4.78, 5) is 10.9. The van der Waals surface area contributed by atoms with Crippen molar-refractivity contribution in [3.63, 3.8) is 0 Å². The molecule has 0 aliphatic rings. The molecule has 2 aromatic rings. The Morgan fingerprint density at radius 3 is 3.33 bits per heavy atom. The molecule has 1 N–H and O–H groups in total. The lowest BCUT2D eigenvalue weighted by Crippen LogP contribution is -2.19. The number of amides is 1. The van der Waals surface area contributed by atoms with Crippen LogP contribution in [0.25, 0.3) is 5.65 Å². The van der Waals surface area contributed by atoms with E-state index >= 15 is 0 Å². The lowest BCUT2D eigenvalue weighted by Gasteiger charge is -2.02. The second-order valence-electron chi connectivity index (χ2n) is 3.05. The van der Waals surface area contributed by atoms with Crippen molar-refractivity contribution in [3.8, 4) is 0 Å². The SMILES string of the molecule is C=CC(=O)NCc1ccn2cnnc2c1. The second kappa shape index (κ2) is 3.91. The minimum Gasteiger partial charge on any atom is -0.348 e. The van der Waals surface area contributed by atoms with Crippen molar-refractivity contribution < 1.29 is 4.79 Å². The Morgan fingerprint density at radius 1 is 1.67 bits per heavy atom. The van der Waals surface area contributed by atoms with E-state index in [0.29, 0.717) is 6.54 Å². The molecule has 0 bridgehead atoms. The smallest absolute Gasteiger partial charge is 0.243 e. The normalized spacial score (nSPS) is 10.1. The van der Waals surface area contributed by atoms with Crippen LogP contribution in [-0.2, 0) is 11.3 Å². The van der Waals surface area contributed by atoms with Crippen LogP contribution < -0.4 is 5.32 Å². The third-order valence-electron chi connectivity index (χ3n) is 2.02. The number of carbonyl (C=O) groups excluding carboxylic acids is 1. The fourth-order valence-electron chi connectivity index (χ4n) is 1.23. The third kappa shape index (κ3) is 2.01. The molecule has 0 unspecified atom stereocenters. The number of nitrogens with one attached hydrogen (secondary N) is 1. The molecule has 0 atom stereocenters. The number of hydrogen-bond donors (Lipinski definition) is 1. The quantitative estimate of drug-likeness (QED) is 0.738. The van der Waals surface area contributed by atoms with Crippen molar-refractivity contribution in [1.29, 1.82) is 0 Å². The number of nitrogens with zero attached hydrogens (tertiary/aromatic N) is 3. The maximum atomic E-state index is 10.9. The first kappa shape index (κ1) is 9.39. The number of aromatic nitrogens is 3. The average molecular weight is 202 g/mol. The van der Waals surface area contributed by atoms with Crippen molar-refractivity contribution in [2.45, 2.75) is 6.54 Å². The molecule has 0 aromatic carbocycles. The molecular formula is C10H10N4O. The molecule has 15 heavy (non-hydrogen) atoms. The first-order valence-electron chi connectivity index (χ1n) is 4.48. The summed E-state index contributed by atoms with van der Waals surface area (Å²) in [6.45, 7) is 3.84. The number of fused-ring (bicyclic) bond motifs is 1. The summed E-state index contributed by atoms with van der Waals surface area (Å²) in [6.07, 6.45) is 4.72. The maximum Gasteiger partial charge on any atom is 0.243 e. The number of hydrogen-bond acceptors (Lipinski definition) is 3. The highest BCUT2D eigenvalue weighted by Gasteiger charge is 1.99. The number of pyridine rings is 1. The molecule has 0 radical (unpaired) electrons. The van der Waals surface area contributed by atoms with Gasteiger partial charge in [0.1, 0.15) is 6.33 Å². The van der Waals surface area contributed by atoms with Gasteiger partial charge in [0.05, 0.1) is 0 Å². The molecule has 76 valence electrons. The van der Waals surface area contributed by atoms with Crippen molar-refractivity contribution >= 4 is 11.6 Å². The highest BCUT2D eigenvalue weighted by Crippen LogP contribution is 2.03. The van der Waals surface area contributed by atoms with Gasteiger partial charge in [-0.3, -0.25) is 9.20 Å². The first-order chi connectivity index (χ1) is 7.29. The Morgan fingerprint density at radius 2 is 2.53 bits per heavy atom. The first-order valence-corrected chi connectivity index (χ1v) is 4.48. The van der Waals surface area contributed by atoms with Gasteiger partial charge in [-0.1, -0.05) is 6.58 Å². The molecule has 0 fully saturated rings. The summed E-state index contributed by atoms with van der Waals surface area (Å²) in [5.41, 5.74) is 1.74. The van der Waals surface area contributed by atoms with Gasteiger partial charge in [0.15, 0.2) is 5.65 Å². The Kier molecular flexibility index (Phi) is 2.45. The van der Waals surface area contributed by atoms with Gasteiger partial charge in [0.25, 0.3) is 0 Å². The van der Waals surface area contributed by atoms with Crippen LogP contribution in [0.5, 0.6) is 0 Å². The Balaban J connectivity index is 2.14. The molecule has 5 heteroatoms. The Hall–Kier alpha value is -2.17. The standard InChI is InChI=1S/C10H10N4O/c1-2-10(15)11-6-8-3-4-14-7-12-13-9(14)5-8/h2-5,7H,1,6H2,(H,11,15). The molecule has 1 amide bonds. The maximum absolute atomic E-state index is 10.9. The van der Waals surface area contributed by atoms with Crippen LogP contribution in [0, 0.1) is 0 Å². The molecule has 5 nitrogen and oxygen atoms in total. The molecule has 0 aliphatic heterocycles. The van der Waals surface area contributed by atoms with E-state index in [1.807, 2.05) is 18.3 Å². The van der Waals surface area contributed by atoms with Gasteiger partial charge in [0, 0.05) is 12.7 Å². The predicted octanol–water partition coefficient (Wildman–Crippen LogP) is 0.531. The van der Waals surface area contributed by atoms with Gasteiger partial charge in [0.2, 0.25) is 5.91 Å². The van der Waals surface area contributed by atoms with E-state index < -0.39 is 0 Å². The fourth-order valence-corrected chi connectivity index (χ4v) is 1.23. The Labute approximate surface area is 86.4 Å². The predicted molar refractivity (Wildman–Crippen MR) is 55.0 cm³/mol. The number of carbonyl (C=O) groups is 1. The summed E-state index contributed by atoms with van der Waals surface area (Å²) in [5.74, 6) is -0.184. The summed E-state index contributed by atoms with van der Waals surface area (Å²) in [5, 5.41) is 10.4. The van der Waals surface area contributed by atoms with E-state index in [1.54, 1.807) is 10.7 Å². The zero-order chi connectivity index (χ0) is 10.7. The van der Waals surface area contributed by atoms with E-state index in [0.717, 1.165) is 11.2 Å². The van der Waals surface area contributed by atoms with Gasteiger partial charge >= 0.3 is 0 Å². The zero-order valence-electron chi connectivity index (χ0n) is 8.05. The van der Waals surface area contributed by atoms with Crippen LogP contribution in [0.2, 0.25) is 0 Å². The van der Waals surface area contributed by atoms with Crippen molar-refractivity contribution in [2.75, 3.05) is 0 Å². The zero-order valence-corrected chi connectivity index (χ0v) is 8.05. The van der Waals surface area contributed by atoms with Crippen molar-refractivity contribution in [3.05, 3.63) is 42.9 Å². The van der Waals surface area contributed by atoms with E-state index in [4.69, 9.17) is 0 Å². The van der Waals surface area contributed by atoms with Crippen LogP contribution in [0.1, 0.15) is 5.56 Å². The van der Waals surface area contributed by atoms with Gasteiger partial charge in [-0.2, -0.15) is 0 Å². The van der Waals surface area contributed by atoms with Crippen molar-refractivity contribution in [2.24, 2.45) is 0 Å². The molecule has 2 aromatic heterocycles. The summed E-state index contributed by atoms with van der Waals surface area (Å²) in [7, 11) is 0. The molecule has 0 aliphatic carbocycles. The largest absolute Gasteiger partial charge is 0.348 e. The van der Waals surface area contributed by atoms with Crippen LogP contribution >= 0.6 is 0 Å². The lowest BCUT2D eigenvalue weighted by molar-refractivity contribution is -0.116. The highest BCUT2D eigenvalue weighted by molar-refractivity contribution is 5.86. The van der Waals surface area contributed by atoms with E-state index in [-0.39, 0.29) is 5.91 Å². The van der Waals surface area contributed by atoms with Crippen LogP contribution in [0.3, 0.4) is 0 Å². The lowest BCUT2D eigenvalue weighted by atomic mass is 10.2. The molecular weight excluding hydrogens is 192 g/mol. The Bertz CT molecular complexity index is 503. The fraction of sp³-hybridized carbons (Fsp3) is 0.100. The molecule has 0 saturated carbocycles. The topological polar surface area (TPSA) is 59.3 Å². The highest BCUT2D eigenvalue weighted by atomic mass is 16.1. The summed E-state index contributed by atoms with van der Waals surface area (Å²) >= 11 is 0. The van der Waals surface area contributed by atoms with Crippen LogP contribution in [0.4, 0.5) is 0 Å².